The molecule has 3 nitrogen and oxygen atoms in total. The van der Waals surface area contributed by atoms with Gasteiger partial charge in [-0.15, -0.1) is 0 Å². The molecule has 0 aliphatic carbocycles. The summed E-state index contributed by atoms with van der Waals surface area (Å²) in [6.45, 7) is 2.66. The summed E-state index contributed by atoms with van der Waals surface area (Å²) in [5.41, 5.74) is 0.359. The smallest absolute Gasteiger partial charge is 0.277 e. The van der Waals surface area contributed by atoms with Crippen LogP contribution in [-0.4, -0.2) is 18.4 Å². The Morgan fingerprint density at radius 3 is 2.56 bits per heavy atom. The minimum Gasteiger partial charge on any atom is -0.492 e. The first-order chi connectivity index (χ1) is 7.56. The molecule has 0 bridgehead atoms. The van der Waals surface area contributed by atoms with Crippen LogP contribution < -0.4 is 4.74 Å². The zero-order valence-corrected chi connectivity index (χ0v) is 10.8. The van der Waals surface area contributed by atoms with E-state index in [0.29, 0.717) is 32.8 Å². The summed E-state index contributed by atoms with van der Waals surface area (Å²) in [7, 11) is 1.38. The highest BCUT2D eigenvalue weighted by Gasteiger charge is 2.17. The van der Waals surface area contributed by atoms with E-state index in [1.54, 1.807) is 6.07 Å². The molecule has 0 fully saturated rings. The van der Waals surface area contributed by atoms with Crippen molar-refractivity contribution in [3.8, 4) is 5.75 Å². The van der Waals surface area contributed by atoms with Crippen LogP contribution in [0.2, 0.25) is 10.0 Å². The number of hydrogen-bond donors (Lipinski definition) is 0. The van der Waals surface area contributed by atoms with Crippen LogP contribution in [-0.2, 0) is 0 Å². The van der Waals surface area contributed by atoms with E-state index in [-0.39, 0.29) is 0 Å². The van der Waals surface area contributed by atoms with Crippen molar-refractivity contribution in [2.24, 2.45) is 0 Å². The van der Waals surface area contributed by atoms with Crippen LogP contribution in [0.25, 0.3) is 0 Å². The number of benzene rings is 1. The molecule has 0 atom stereocenters. The second kappa shape index (κ2) is 6.06. The van der Waals surface area contributed by atoms with Crippen molar-refractivity contribution in [2.45, 2.75) is 19.8 Å². The number of nitroso groups, excluding NO2 is 1. The summed E-state index contributed by atoms with van der Waals surface area (Å²) in [6, 6.07) is 3.08. The molecule has 0 saturated carbocycles. The van der Waals surface area contributed by atoms with Gasteiger partial charge in [-0.25, -0.2) is 0 Å². The van der Waals surface area contributed by atoms with Gasteiger partial charge in [0, 0.05) is 9.67 Å². The zero-order chi connectivity index (χ0) is 12.1. The maximum absolute atomic E-state index is 11.2. The van der Waals surface area contributed by atoms with Crippen LogP contribution in [0.1, 0.15) is 19.8 Å². The largest absolute Gasteiger partial charge is 0.492 e. The van der Waals surface area contributed by atoms with Gasteiger partial charge in [-0.3, -0.25) is 0 Å². The van der Waals surface area contributed by atoms with Crippen molar-refractivity contribution in [3.05, 3.63) is 27.1 Å². The predicted octanol–water partition coefficient (Wildman–Crippen LogP) is 4.21. The lowest BCUT2D eigenvalue weighted by atomic mass is 10.3. The highest BCUT2D eigenvalue weighted by Crippen LogP contribution is 2.35. The molecule has 88 valence electrons. The molecule has 0 N–H and O–H groups in total. The highest BCUT2D eigenvalue weighted by atomic mass is 35.5. The van der Waals surface area contributed by atoms with E-state index in [1.807, 2.05) is 0 Å². The Kier molecular flexibility index (Phi) is 5.03. The van der Waals surface area contributed by atoms with Gasteiger partial charge in [-0.2, -0.15) is 0 Å². The second-order valence-corrected chi connectivity index (χ2v) is 4.25. The van der Waals surface area contributed by atoms with E-state index in [1.165, 1.54) is 13.1 Å². The molecule has 0 unspecified atom stereocenters. The van der Waals surface area contributed by atoms with Gasteiger partial charge in [0.25, 0.3) is 5.69 Å². The summed E-state index contributed by atoms with van der Waals surface area (Å²) < 4.78 is 6.15. The molecule has 0 amide bonds. The Hall–Kier alpha value is -0.800. The maximum Gasteiger partial charge on any atom is 0.277 e. The molecule has 0 heterocycles. The first-order valence-corrected chi connectivity index (χ1v) is 5.84. The lowest BCUT2D eigenvalue weighted by molar-refractivity contribution is -0.428. The summed E-state index contributed by atoms with van der Waals surface area (Å²) in [5, 5.41) is 0.747. The summed E-state index contributed by atoms with van der Waals surface area (Å²) in [6.07, 6.45) is 1.99. The van der Waals surface area contributed by atoms with E-state index in [9.17, 15) is 4.91 Å². The Bertz CT molecular complexity index is 394. The fourth-order valence-corrected chi connectivity index (χ4v) is 1.75. The average Bonchev–Trinajstić information content (AvgIpc) is 2.21. The number of unbranched alkanes of at least 4 members (excludes halogenated alkanes) is 1. The minimum atomic E-state index is 0.324. The van der Waals surface area contributed by atoms with E-state index in [4.69, 9.17) is 27.9 Å². The quantitative estimate of drug-likeness (QED) is 0.588. The van der Waals surface area contributed by atoms with E-state index >= 15 is 0 Å². The monoisotopic (exact) mass is 262 g/mol. The molecule has 0 radical (unpaired) electrons. The minimum absolute atomic E-state index is 0.324. The van der Waals surface area contributed by atoms with Gasteiger partial charge in [0.1, 0.15) is 10.8 Å². The van der Waals surface area contributed by atoms with Crippen LogP contribution in [0.3, 0.4) is 0 Å². The molecule has 0 aromatic heterocycles. The van der Waals surface area contributed by atoms with Crippen LogP contribution in [0.4, 0.5) is 5.69 Å². The molecule has 5 heteroatoms. The SMILES string of the molecule is CCCCOc1cc([N+](C)=O)c(Cl)cc1Cl. The third kappa shape index (κ3) is 3.35. The van der Waals surface area contributed by atoms with Crippen LogP contribution in [0, 0.1) is 4.91 Å². The molecular weight excluding hydrogens is 249 g/mol. The van der Waals surface area contributed by atoms with Crippen molar-refractivity contribution >= 4 is 28.9 Å². The molecule has 1 rings (SSSR count). The van der Waals surface area contributed by atoms with Gasteiger partial charge in [0.2, 0.25) is 0 Å². The van der Waals surface area contributed by atoms with Gasteiger partial charge in [0.15, 0.2) is 7.05 Å². The lowest BCUT2D eigenvalue weighted by Crippen LogP contribution is -1.99. The maximum atomic E-state index is 11.2. The Labute approximate surface area is 105 Å². The third-order valence-corrected chi connectivity index (χ3v) is 2.69. The van der Waals surface area contributed by atoms with Gasteiger partial charge < -0.3 is 4.74 Å². The lowest BCUT2D eigenvalue weighted by Gasteiger charge is -2.07. The van der Waals surface area contributed by atoms with E-state index in [0.717, 1.165) is 12.8 Å². The van der Waals surface area contributed by atoms with Crippen molar-refractivity contribution in [2.75, 3.05) is 13.7 Å². The number of nitrogens with zero attached hydrogens (tertiary/aromatic N) is 1. The standard InChI is InChI=1S/C11H14Cl2NO2/c1-3-4-5-16-11-7-10(14(2)15)8(12)6-9(11)13/h6-7H,3-5H2,1-2H3/q+1. The van der Waals surface area contributed by atoms with Crippen molar-refractivity contribution < 1.29 is 9.50 Å². The zero-order valence-electron chi connectivity index (χ0n) is 9.30. The van der Waals surface area contributed by atoms with E-state index < -0.39 is 0 Å². The molecule has 0 aliphatic rings. The fraction of sp³-hybridized carbons (Fsp3) is 0.455. The number of hydrogen-bond acceptors (Lipinski definition) is 2. The molecule has 0 saturated heterocycles. The number of halogens is 2. The van der Waals surface area contributed by atoms with Gasteiger partial charge in [-0.1, -0.05) is 36.5 Å². The van der Waals surface area contributed by atoms with Crippen LogP contribution >= 0.6 is 23.2 Å². The number of rotatable bonds is 5. The molecule has 1 aromatic rings. The third-order valence-electron chi connectivity index (χ3n) is 2.10. The van der Waals surface area contributed by atoms with Crippen molar-refractivity contribution in [1.29, 1.82) is 0 Å². The average molecular weight is 263 g/mol. The fourth-order valence-electron chi connectivity index (χ4n) is 1.20. The normalized spacial score (nSPS) is 10.2. The second-order valence-electron chi connectivity index (χ2n) is 3.43. The molecule has 16 heavy (non-hydrogen) atoms. The van der Waals surface area contributed by atoms with E-state index in [2.05, 4.69) is 6.92 Å². The Morgan fingerprint density at radius 1 is 1.31 bits per heavy atom. The van der Waals surface area contributed by atoms with Gasteiger partial charge in [-0.05, 0) is 12.5 Å². The predicted molar refractivity (Wildman–Crippen MR) is 66.1 cm³/mol. The Morgan fingerprint density at radius 2 is 2.00 bits per heavy atom. The first-order valence-electron chi connectivity index (χ1n) is 5.09. The van der Waals surface area contributed by atoms with Crippen molar-refractivity contribution in [3.63, 3.8) is 0 Å². The topological polar surface area (TPSA) is 29.3 Å². The van der Waals surface area contributed by atoms with Crippen molar-refractivity contribution in [1.82, 2.24) is 0 Å². The van der Waals surface area contributed by atoms with Gasteiger partial charge >= 0.3 is 0 Å². The molecular formula is C11H14Cl2NO2+. The number of ether oxygens (including phenoxy) is 1. The summed E-state index contributed by atoms with van der Waals surface area (Å²) >= 11 is 11.8. The molecule has 1 aromatic carbocycles. The first kappa shape index (κ1) is 13.3. The molecule has 0 spiro atoms. The summed E-state index contributed by atoms with van der Waals surface area (Å²) in [5.74, 6) is 0.497. The molecule has 0 aliphatic heterocycles. The van der Waals surface area contributed by atoms with Gasteiger partial charge in [0.05, 0.1) is 17.7 Å². The van der Waals surface area contributed by atoms with Crippen LogP contribution in [0.5, 0.6) is 5.75 Å². The Balaban J connectivity index is 2.91. The summed E-state index contributed by atoms with van der Waals surface area (Å²) in [4.78, 5) is 11.2. The highest BCUT2D eigenvalue weighted by molar-refractivity contribution is 6.36. The van der Waals surface area contributed by atoms with Crippen LogP contribution in [0.15, 0.2) is 12.1 Å².